The molecular formula is C30H31Cl3N2O3. The zero-order chi connectivity index (χ0) is 26.9. The molecule has 0 saturated carbocycles. The first-order chi connectivity index (χ1) is 18.4. The van der Waals surface area contributed by atoms with E-state index in [2.05, 4.69) is 10.6 Å². The molecule has 0 bridgehead atoms. The van der Waals surface area contributed by atoms with Crippen LogP contribution in [0.3, 0.4) is 0 Å². The highest BCUT2D eigenvalue weighted by Gasteiger charge is 2.20. The Labute approximate surface area is 239 Å². The predicted octanol–water partition coefficient (Wildman–Crippen LogP) is 6.91. The van der Waals surface area contributed by atoms with Crippen molar-refractivity contribution < 1.29 is 14.3 Å². The second-order valence-electron chi connectivity index (χ2n) is 9.11. The molecule has 3 aromatic rings. The standard InChI is InChI=1S/C30H31Cl3N2O3/c1-20-17-27(32)29(28(33)18-20)38-16-15-37-23-10-8-21(9-11-23)24-12-14-34-19-25(24)30(36)35-13-4-6-22-5-2-3-7-26(22)31/h2-3,5,7-11,17-18,34H,4,6,12-16,19H2,1H3,(H,35,36). The average molecular weight is 574 g/mol. The Bertz CT molecular complexity index is 1270. The number of carbonyl (C=O) groups excluding carboxylic acids is 1. The van der Waals surface area contributed by atoms with Gasteiger partial charge in [0.05, 0.1) is 10.0 Å². The highest BCUT2D eigenvalue weighted by atomic mass is 35.5. The second kappa shape index (κ2) is 13.9. The van der Waals surface area contributed by atoms with Gasteiger partial charge in [-0.3, -0.25) is 4.79 Å². The number of hydrogen-bond donors (Lipinski definition) is 2. The number of nitrogens with one attached hydrogen (secondary N) is 2. The van der Waals surface area contributed by atoms with Crippen LogP contribution in [0.5, 0.6) is 11.5 Å². The fraction of sp³-hybridized carbons (Fsp3) is 0.300. The van der Waals surface area contributed by atoms with Crippen LogP contribution in [0.1, 0.15) is 29.5 Å². The van der Waals surface area contributed by atoms with Crippen LogP contribution in [0, 0.1) is 6.92 Å². The lowest BCUT2D eigenvalue weighted by molar-refractivity contribution is -0.117. The Morgan fingerprint density at radius 2 is 1.66 bits per heavy atom. The lowest BCUT2D eigenvalue weighted by Gasteiger charge is -2.21. The third kappa shape index (κ3) is 7.67. The summed E-state index contributed by atoms with van der Waals surface area (Å²) in [7, 11) is 0. The summed E-state index contributed by atoms with van der Waals surface area (Å²) in [4.78, 5) is 13.0. The summed E-state index contributed by atoms with van der Waals surface area (Å²) in [6.45, 7) is 4.54. The molecule has 5 nitrogen and oxygen atoms in total. The number of rotatable bonds is 11. The molecule has 2 N–H and O–H groups in total. The molecule has 1 amide bonds. The van der Waals surface area contributed by atoms with Gasteiger partial charge in [0.2, 0.25) is 5.91 Å². The van der Waals surface area contributed by atoms with Crippen molar-refractivity contribution >= 4 is 46.3 Å². The quantitative estimate of drug-likeness (QED) is 0.245. The van der Waals surface area contributed by atoms with Crippen molar-refractivity contribution in [1.82, 2.24) is 10.6 Å². The highest BCUT2D eigenvalue weighted by Crippen LogP contribution is 2.34. The number of benzene rings is 3. The summed E-state index contributed by atoms with van der Waals surface area (Å²) in [5.74, 6) is 1.15. The molecule has 0 aliphatic carbocycles. The Kier molecular flexibility index (Phi) is 10.4. The molecular weight excluding hydrogens is 543 g/mol. The smallest absolute Gasteiger partial charge is 0.248 e. The molecule has 0 fully saturated rings. The van der Waals surface area contributed by atoms with E-state index in [0.29, 0.717) is 42.1 Å². The zero-order valence-corrected chi connectivity index (χ0v) is 23.6. The Morgan fingerprint density at radius 3 is 2.39 bits per heavy atom. The van der Waals surface area contributed by atoms with Gasteiger partial charge in [-0.2, -0.15) is 0 Å². The maximum Gasteiger partial charge on any atom is 0.248 e. The van der Waals surface area contributed by atoms with Crippen molar-refractivity contribution in [3.63, 3.8) is 0 Å². The van der Waals surface area contributed by atoms with Crippen LogP contribution in [-0.2, 0) is 11.2 Å². The van der Waals surface area contributed by atoms with Crippen LogP contribution in [0.15, 0.2) is 66.2 Å². The van der Waals surface area contributed by atoms with Crippen LogP contribution in [0.25, 0.3) is 5.57 Å². The molecule has 0 atom stereocenters. The van der Waals surface area contributed by atoms with Gasteiger partial charge in [-0.15, -0.1) is 0 Å². The van der Waals surface area contributed by atoms with E-state index in [1.54, 1.807) is 0 Å². The van der Waals surface area contributed by atoms with E-state index >= 15 is 0 Å². The molecule has 3 aromatic carbocycles. The zero-order valence-electron chi connectivity index (χ0n) is 21.3. The van der Waals surface area contributed by atoms with Crippen molar-refractivity contribution in [1.29, 1.82) is 0 Å². The average Bonchev–Trinajstić information content (AvgIpc) is 2.91. The molecule has 0 radical (unpaired) electrons. The molecule has 4 rings (SSSR count). The van der Waals surface area contributed by atoms with E-state index < -0.39 is 0 Å². The van der Waals surface area contributed by atoms with Gasteiger partial charge in [-0.05, 0) is 85.3 Å². The van der Waals surface area contributed by atoms with Gasteiger partial charge in [0.25, 0.3) is 0 Å². The van der Waals surface area contributed by atoms with Crippen molar-refractivity contribution in [2.45, 2.75) is 26.2 Å². The van der Waals surface area contributed by atoms with Crippen LogP contribution < -0.4 is 20.1 Å². The van der Waals surface area contributed by atoms with Crippen molar-refractivity contribution in [3.8, 4) is 11.5 Å². The minimum Gasteiger partial charge on any atom is -0.490 e. The van der Waals surface area contributed by atoms with Crippen LogP contribution in [0.4, 0.5) is 0 Å². The Balaban J connectivity index is 1.29. The van der Waals surface area contributed by atoms with Gasteiger partial charge in [0.15, 0.2) is 5.75 Å². The SMILES string of the molecule is Cc1cc(Cl)c(OCCOc2ccc(C3=C(C(=O)NCCCc4ccccc4Cl)CNCC3)cc2)c(Cl)c1. The fourth-order valence-electron chi connectivity index (χ4n) is 4.39. The maximum absolute atomic E-state index is 13.0. The lowest BCUT2D eigenvalue weighted by Crippen LogP contribution is -2.35. The molecule has 200 valence electrons. The molecule has 1 aliphatic rings. The summed E-state index contributed by atoms with van der Waals surface area (Å²) in [5, 5.41) is 8.12. The molecule has 0 aromatic heterocycles. The first kappa shape index (κ1) is 28.3. The lowest BCUT2D eigenvalue weighted by atomic mass is 9.93. The number of hydrogen-bond acceptors (Lipinski definition) is 4. The first-order valence-electron chi connectivity index (χ1n) is 12.7. The van der Waals surface area contributed by atoms with Gasteiger partial charge in [-0.25, -0.2) is 0 Å². The third-order valence-electron chi connectivity index (χ3n) is 6.30. The topological polar surface area (TPSA) is 59.6 Å². The number of ether oxygens (including phenoxy) is 2. The Morgan fingerprint density at radius 1 is 0.947 bits per heavy atom. The number of halogens is 3. The fourth-order valence-corrected chi connectivity index (χ4v) is 5.32. The van der Waals surface area contributed by atoms with Crippen LogP contribution >= 0.6 is 34.8 Å². The van der Waals surface area contributed by atoms with Crippen molar-refractivity contribution in [2.75, 3.05) is 32.8 Å². The molecule has 1 heterocycles. The van der Waals surface area contributed by atoms with E-state index in [9.17, 15) is 4.79 Å². The second-order valence-corrected chi connectivity index (χ2v) is 10.3. The number of carbonyl (C=O) groups is 1. The molecule has 38 heavy (non-hydrogen) atoms. The van der Waals surface area contributed by atoms with Crippen LogP contribution in [-0.4, -0.2) is 38.8 Å². The Hall–Kier alpha value is -2.70. The minimum absolute atomic E-state index is 0.0303. The maximum atomic E-state index is 13.0. The van der Waals surface area contributed by atoms with E-state index in [4.69, 9.17) is 44.3 Å². The van der Waals surface area contributed by atoms with Gasteiger partial charge >= 0.3 is 0 Å². The highest BCUT2D eigenvalue weighted by molar-refractivity contribution is 6.37. The van der Waals surface area contributed by atoms with E-state index in [0.717, 1.165) is 64.4 Å². The summed E-state index contributed by atoms with van der Waals surface area (Å²) < 4.78 is 11.6. The molecule has 0 saturated heterocycles. The van der Waals surface area contributed by atoms with Gasteiger partial charge in [0.1, 0.15) is 19.0 Å². The van der Waals surface area contributed by atoms with Gasteiger partial charge in [-0.1, -0.05) is 65.1 Å². The van der Waals surface area contributed by atoms with Crippen molar-refractivity contribution in [2.24, 2.45) is 0 Å². The summed E-state index contributed by atoms with van der Waals surface area (Å²) in [6, 6.07) is 19.2. The predicted molar refractivity (Wildman–Crippen MR) is 156 cm³/mol. The van der Waals surface area contributed by atoms with E-state index in [1.807, 2.05) is 67.6 Å². The minimum atomic E-state index is -0.0303. The van der Waals surface area contributed by atoms with Crippen molar-refractivity contribution in [3.05, 3.63) is 98.0 Å². The monoisotopic (exact) mass is 572 g/mol. The molecule has 1 aliphatic heterocycles. The first-order valence-corrected chi connectivity index (χ1v) is 13.8. The molecule has 0 unspecified atom stereocenters. The van der Waals surface area contributed by atoms with E-state index in [1.165, 1.54) is 0 Å². The third-order valence-corrected chi connectivity index (χ3v) is 7.23. The number of amides is 1. The molecule has 8 heteroatoms. The summed E-state index contributed by atoms with van der Waals surface area (Å²) >= 11 is 18.7. The van der Waals surface area contributed by atoms with E-state index in [-0.39, 0.29) is 5.91 Å². The largest absolute Gasteiger partial charge is 0.490 e. The number of aryl methyl sites for hydroxylation is 2. The molecule has 0 spiro atoms. The van der Waals surface area contributed by atoms with Gasteiger partial charge < -0.3 is 20.1 Å². The normalized spacial score (nSPS) is 13.4. The summed E-state index contributed by atoms with van der Waals surface area (Å²) in [5.41, 5.74) is 4.93. The van der Waals surface area contributed by atoms with Crippen LogP contribution in [0.2, 0.25) is 15.1 Å². The summed E-state index contributed by atoms with van der Waals surface area (Å²) in [6.07, 6.45) is 2.43. The van der Waals surface area contributed by atoms with Gasteiger partial charge in [0, 0.05) is 23.7 Å².